The Hall–Kier alpha value is -4.26. The fraction of sp³-hybridized carbons (Fsp3) is 0.214. The molecule has 0 spiro atoms. The molecule has 1 saturated heterocycles. The zero-order valence-corrected chi connectivity index (χ0v) is 20.0. The molecule has 0 saturated carbocycles. The SMILES string of the molecule is COc1ccc(C2/C(=C(/O)c3ccc(OC(C)C)c(C)c3)C(=O)C(=O)N2c2ccccc2O)cc1. The minimum atomic E-state index is -0.957. The van der Waals surface area contributed by atoms with Gasteiger partial charge in [-0.2, -0.15) is 0 Å². The number of ketones is 1. The fourth-order valence-corrected chi connectivity index (χ4v) is 4.19. The summed E-state index contributed by atoms with van der Waals surface area (Å²) in [5.41, 5.74) is 1.84. The normalized spacial score (nSPS) is 17.2. The topological polar surface area (TPSA) is 96.3 Å². The average molecular weight is 474 g/mol. The summed E-state index contributed by atoms with van der Waals surface area (Å²) in [6, 6.07) is 17.3. The van der Waals surface area contributed by atoms with Crippen molar-refractivity contribution < 1.29 is 29.3 Å². The lowest BCUT2D eigenvalue weighted by Gasteiger charge is -2.26. The van der Waals surface area contributed by atoms with Crippen LogP contribution in [0.1, 0.15) is 36.6 Å². The van der Waals surface area contributed by atoms with E-state index in [4.69, 9.17) is 9.47 Å². The van der Waals surface area contributed by atoms with Crippen LogP contribution in [0.4, 0.5) is 5.69 Å². The molecule has 0 aromatic heterocycles. The van der Waals surface area contributed by atoms with E-state index in [1.165, 1.54) is 18.1 Å². The van der Waals surface area contributed by atoms with Crippen molar-refractivity contribution in [2.24, 2.45) is 0 Å². The summed E-state index contributed by atoms with van der Waals surface area (Å²) in [5.74, 6) is -0.875. The highest BCUT2D eigenvalue weighted by Crippen LogP contribution is 2.45. The van der Waals surface area contributed by atoms with Gasteiger partial charge in [0.05, 0.1) is 30.5 Å². The Morgan fingerprint density at radius 2 is 1.69 bits per heavy atom. The number of para-hydroxylation sites is 2. The van der Waals surface area contributed by atoms with Gasteiger partial charge >= 0.3 is 0 Å². The second kappa shape index (κ2) is 9.54. The van der Waals surface area contributed by atoms with Crippen molar-refractivity contribution in [1.29, 1.82) is 0 Å². The Morgan fingerprint density at radius 3 is 2.29 bits per heavy atom. The molecule has 1 heterocycles. The number of ether oxygens (including phenoxy) is 2. The van der Waals surface area contributed by atoms with Crippen molar-refractivity contribution in [3.8, 4) is 17.2 Å². The van der Waals surface area contributed by atoms with Gasteiger partial charge in [-0.1, -0.05) is 24.3 Å². The largest absolute Gasteiger partial charge is 0.507 e. The first-order valence-corrected chi connectivity index (χ1v) is 11.2. The van der Waals surface area contributed by atoms with Crippen LogP contribution in [0.3, 0.4) is 0 Å². The molecule has 1 amide bonds. The second-order valence-electron chi connectivity index (χ2n) is 8.58. The molecule has 7 nitrogen and oxygen atoms in total. The summed E-state index contributed by atoms with van der Waals surface area (Å²) in [4.78, 5) is 27.7. The molecule has 0 radical (unpaired) electrons. The Labute approximate surface area is 203 Å². The van der Waals surface area contributed by atoms with E-state index in [0.717, 1.165) is 5.56 Å². The molecule has 4 rings (SSSR count). The second-order valence-corrected chi connectivity index (χ2v) is 8.58. The van der Waals surface area contributed by atoms with Gasteiger partial charge in [0.15, 0.2) is 0 Å². The van der Waals surface area contributed by atoms with Crippen LogP contribution in [-0.2, 0) is 9.59 Å². The summed E-state index contributed by atoms with van der Waals surface area (Å²) in [6.07, 6.45) is -0.0212. The third-order valence-corrected chi connectivity index (χ3v) is 5.83. The molecule has 3 aromatic carbocycles. The lowest BCUT2D eigenvalue weighted by Crippen LogP contribution is -2.29. The minimum absolute atomic E-state index is 0.0212. The molecule has 2 N–H and O–H groups in total. The number of carbonyl (C=O) groups excluding carboxylic acids is 2. The zero-order valence-electron chi connectivity index (χ0n) is 20.0. The first kappa shape index (κ1) is 23.9. The zero-order chi connectivity index (χ0) is 25.3. The molecular formula is C28H27NO6. The summed E-state index contributed by atoms with van der Waals surface area (Å²) < 4.78 is 11.0. The number of aryl methyl sites for hydroxylation is 1. The van der Waals surface area contributed by atoms with Crippen LogP contribution in [0.15, 0.2) is 72.3 Å². The average Bonchev–Trinajstić information content (AvgIpc) is 3.10. The van der Waals surface area contributed by atoms with Gasteiger partial charge in [-0.3, -0.25) is 14.5 Å². The maximum atomic E-state index is 13.3. The van der Waals surface area contributed by atoms with Gasteiger partial charge in [-0.25, -0.2) is 0 Å². The molecule has 1 aliphatic rings. The predicted molar refractivity (Wildman–Crippen MR) is 133 cm³/mol. The van der Waals surface area contributed by atoms with Gasteiger partial charge in [-0.05, 0) is 74.4 Å². The molecule has 1 atom stereocenters. The minimum Gasteiger partial charge on any atom is -0.507 e. The first-order chi connectivity index (χ1) is 16.7. The number of benzene rings is 3. The van der Waals surface area contributed by atoms with Gasteiger partial charge in [0.1, 0.15) is 23.0 Å². The summed E-state index contributed by atoms with van der Waals surface area (Å²) in [5, 5.41) is 21.8. The van der Waals surface area contributed by atoms with Gasteiger partial charge in [0, 0.05) is 5.56 Å². The molecule has 180 valence electrons. The summed E-state index contributed by atoms with van der Waals surface area (Å²) in [6.45, 7) is 5.68. The van der Waals surface area contributed by atoms with Crippen molar-refractivity contribution in [1.82, 2.24) is 0 Å². The van der Waals surface area contributed by atoms with E-state index >= 15 is 0 Å². The maximum Gasteiger partial charge on any atom is 0.300 e. The number of phenols is 1. The number of aromatic hydroxyl groups is 1. The highest BCUT2D eigenvalue weighted by Gasteiger charge is 2.47. The van der Waals surface area contributed by atoms with Crippen LogP contribution in [0, 0.1) is 6.92 Å². The molecular weight excluding hydrogens is 446 g/mol. The fourth-order valence-electron chi connectivity index (χ4n) is 4.19. The number of carbonyl (C=O) groups is 2. The Balaban J connectivity index is 1.90. The number of hydrogen-bond acceptors (Lipinski definition) is 6. The number of rotatable bonds is 6. The van der Waals surface area contributed by atoms with Crippen molar-refractivity contribution in [3.63, 3.8) is 0 Å². The number of amides is 1. The van der Waals surface area contributed by atoms with Crippen molar-refractivity contribution in [2.75, 3.05) is 12.0 Å². The predicted octanol–water partition coefficient (Wildman–Crippen LogP) is 5.12. The quantitative estimate of drug-likeness (QED) is 0.293. The number of methoxy groups -OCH3 is 1. The molecule has 7 heteroatoms. The number of aliphatic hydroxyl groups excluding tert-OH is 1. The lowest BCUT2D eigenvalue weighted by atomic mass is 9.94. The smallest absolute Gasteiger partial charge is 0.300 e. The van der Waals surface area contributed by atoms with Crippen LogP contribution in [0.25, 0.3) is 5.76 Å². The molecule has 3 aromatic rings. The number of phenolic OH excluding ortho intramolecular Hbond substituents is 1. The first-order valence-electron chi connectivity index (χ1n) is 11.2. The summed E-state index contributed by atoms with van der Waals surface area (Å²) in [7, 11) is 1.54. The van der Waals surface area contributed by atoms with Gasteiger partial charge in [-0.15, -0.1) is 0 Å². The van der Waals surface area contributed by atoms with E-state index in [1.807, 2.05) is 20.8 Å². The standard InChI is InChI=1S/C28H27NO6/c1-16(2)35-23-14-11-19(15-17(23)3)26(31)24-25(18-9-12-20(34-4)13-10-18)29(28(33)27(24)32)21-7-5-6-8-22(21)30/h5-16,25,30-31H,1-4H3/b26-24-. The lowest BCUT2D eigenvalue weighted by molar-refractivity contribution is -0.132. The number of hydrogen-bond donors (Lipinski definition) is 2. The molecule has 1 unspecified atom stereocenters. The van der Waals surface area contributed by atoms with E-state index in [1.54, 1.807) is 60.7 Å². The van der Waals surface area contributed by atoms with Crippen molar-refractivity contribution >= 4 is 23.1 Å². The van der Waals surface area contributed by atoms with Crippen LogP contribution >= 0.6 is 0 Å². The molecule has 1 fully saturated rings. The third kappa shape index (κ3) is 4.45. The Bertz CT molecular complexity index is 1310. The maximum absolute atomic E-state index is 13.3. The van der Waals surface area contributed by atoms with Crippen LogP contribution in [0.2, 0.25) is 0 Å². The van der Waals surface area contributed by atoms with Gasteiger partial charge in [0.25, 0.3) is 11.7 Å². The number of nitrogens with zero attached hydrogens (tertiary/aromatic N) is 1. The van der Waals surface area contributed by atoms with Gasteiger partial charge in [0.2, 0.25) is 0 Å². The van der Waals surface area contributed by atoms with Crippen LogP contribution in [-0.4, -0.2) is 35.1 Å². The van der Waals surface area contributed by atoms with E-state index in [2.05, 4.69) is 0 Å². The van der Waals surface area contributed by atoms with E-state index in [9.17, 15) is 19.8 Å². The van der Waals surface area contributed by atoms with Gasteiger partial charge < -0.3 is 19.7 Å². The molecule has 35 heavy (non-hydrogen) atoms. The number of aliphatic hydroxyl groups is 1. The monoisotopic (exact) mass is 473 g/mol. The molecule has 0 aliphatic carbocycles. The summed E-state index contributed by atoms with van der Waals surface area (Å²) >= 11 is 0. The third-order valence-electron chi connectivity index (χ3n) is 5.83. The number of Topliss-reactive ketones (excluding diaryl/α,β-unsaturated/α-hetero) is 1. The van der Waals surface area contributed by atoms with E-state index < -0.39 is 17.7 Å². The van der Waals surface area contributed by atoms with Crippen molar-refractivity contribution in [3.05, 3.63) is 89.0 Å². The van der Waals surface area contributed by atoms with Crippen LogP contribution in [0.5, 0.6) is 17.2 Å². The van der Waals surface area contributed by atoms with Crippen LogP contribution < -0.4 is 14.4 Å². The highest BCUT2D eigenvalue weighted by atomic mass is 16.5. The molecule has 0 bridgehead atoms. The highest BCUT2D eigenvalue weighted by molar-refractivity contribution is 6.51. The van der Waals surface area contributed by atoms with E-state index in [-0.39, 0.29) is 28.9 Å². The van der Waals surface area contributed by atoms with Crippen molar-refractivity contribution in [2.45, 2.75) is 32.9 Å². The Morgan fingerprint density at radius 1 is 1.00 bits per heavy atom. The Kier molecular flexibility index (Phi) is 6.51. The number of anilines is 1. The van der Waals surface area contributed by atoms with E-state index in [0.29, 0.717) is 22.6 Å². The molecule has 1 aliphatic heterocycles.